The molecule has 4 aromatic rings. The Balaban J connectivity index is 1.71. The number of aromatic nitrogens is 2. The summed E-state index contributed by atoms with van der Waals surface area (Å²) in [5.41, 5.74) is 4.28. The Labute approximate surface area is 212 Å². The molecule has 2 aromatic carbocycles. The second-order valence-corrected chi connectivity index (χ2v) is 10.7. The zero-order valence-electron chi connectivity index (χ0n) is 19.6. The van der Waals surface area contributed by atoms with Gasteiger partial charge in [0.1, 0.15) is 4.83 Å². The molecule has 0 aliphatic heterocycles. The van der Waals surface area contributed by atoms with Crippen molar-refractivity contribution in [2.45, 2.75) is 45.7 Å². The minimum absolute atomic E-state index is 0.0973. The summed E-state index contributed by atoms with van der Waals surface area (Å²) in [6.07, 6.45) is 1.92. The van der Waals surface area contributed by atoms with E-state index in [1.54, 1.807) is 22.0 Å². The molecule has 1 N–H and O–H groups in total. The number of amides is 1. The highest BCUT2D eigenvalue weighted by Crippen LogP contribution is 2.31. The van der Waals surface area contributed by atoms with Crippen molar-refractivity contribution in [3.8, 4) is 5.69 Å². The van der Waals surface area contributed by atoms with Gasteiger partial charge >= 0.3 is 0 Å². The third-order valence-corrected chi connectivity index (χ3v) is 8.15. The number of benzene rings is 2. The number of halogens is 1. The molecule has 0 atom stereocenters. The highest BCUT2D eigenvalue weighted by molar-refractivity contribution is 7.99. The summed E-state index contributed by atoms with van der Waals surface area (Å²) in [4.78, 5) is 33.2. The van der Waals surface area contributed by atoms with Crippen molar-refractivity contribution in [2.75, 3.05) is 11.1 Å². The molecule has 176 valence electrons. The van der Waals surface area contributed by atoms with Gasteiger partial charge in [-0.3, -0.25) is 14.2 Å². The van der Waals surface area contributed by atoms with Gasteiger partial charge in [-0.05, 0) is 68.1 Å². The van der Waals surface area contributed by atoms with Gasteiger partial charge in [0.15, 0.2) is 5.16 Å². The Hall–Kier alpha value is -2.61. The van der Waals surface area contributed by atoms with Crippen molar-refractivity contribution >= 4 is 56.5 Å². The van der Waals surface area contributed by atoms with E-state index in [0.29, 0.717) is 21.3 Å². The average molecular weight is 512 g/mol. The summed E-state index contributed by atoms with van der Waals surface area (Å²) in [5.74, 6) is -0.0781. The van der Waals surface area contributed by atoms with Crippen molar-refractivity contribution in [1.82, 2.24) is 9.55 Å². The molecule has 34 heavy (non-hydrogen) atoms. The number of nitrogens with zero attached hydrogens (tertiary/aromatic N) is 2. The van der Waals surface area contributed by atoms with E-state index in [1.165, 1.54) is 16.6 Å². The van der Waals surface area contributed by atoms with Crippen LogP contribution in [0.5, 0.6) is 0 Å². The lowest BCUT2D eigenvalue weighted by Crippen LogP contribution is -2.23. The van der Waals surface area contributed by atoms with Gasteiger partial charge in [0, 0.05) is 15.6 Å². The topological polar surface area (TPSA) is 64.0 Å². The number of nitrogens with one attached hydrogen (secondary N) is 1. The molecule has 1 amide bonds. The molecule has 2 aromatic heterocycles. The second-order valence-electron chi connectivity index (χ2n) is 8.26. The van der Waals surface area contributed by atoms with Gasteiger partial charge in [-0.15, -0.1) is 11.3 Å². The first-order valence-electron chi connectivity index (χ1n) is 11.1. The predicted molar refractivity (Wildman–Crippen MR) is 144 cm³/mol. The molecule has 0 saturated heterocycles. The van der Waals surface area contributed by atoms with E-state index in [4.69, 9.17) is 16.6 Å². The molecule has 0 aliphatic rings. The molecular formula is C26H26ClN3O2S2. The van der Waals surface area contributed by atoms with Gasteiger partial charge in [-0.25, -0.2) is 4.98 Å². The molecule has 0 aliphatic carbocycles. The van der Waals surface area contributed by atoms with E-state index in [9.17, 15) is 9.59 Å². The quantitative estimate of drug-likeness (QED) is 0.221. The number of carbonyl (C=O) groups excluding carboxylic acids is 1. The van der Waals surface area contributed by atoms with E-state index in [1.807, 2.05) is 57.2 Å². The lowest BCUT2D eigenvalue weighted by Gasteiger charge is -2.13. The summed E-state index contributed by atoms with van der Waals surface area (Å²) >= 11 is 9.00. The van der Waals surface area contributed by atoms with E-state index >= 15 is 0 Å². The smallest absolute Gasteiger partial charge is 0.267 e. The maximum atomic E-state index is 13.7. The summed E-state index contributed by atoms with van der Waals surface area (Å²) in [5, 5.41) is 4.64. The standard InChI is InChI=1S/C26H26ClN3O2S2/c1-5-7-21-17(4)23-24(34-21)29-26(30(25(23)32)19-9-6-8-15(2)12-19)33-14-22(31)28-18-11-10-16(3)20(27)13-18/h6,8-13H,5,7,14H2,1-4H3,(H,28,31). The number of fused-ring (bicyclic) bond motifs is 1. The first kappa shape index (κ1) is 24.5. The molecular weight excluding hydrogens is 486 g/mol. The first-order chi connectivity index (χ1) is 16.3. The fourth-order valence-electron chi connectivity index (χ4n) is 3.77. The molecule has 0 saturated carbocycles. The molecule has 0 bridgehead atoms. The van der Waals surface area contributed by atoms with Crippen LogP contribution in [0.15, 0.2) is 52.4 Å². The number of thioether (sulfide) groups is 1. The number of thiophene rings is 1. The van der Waals surface area contributed by atoms with Crippen LogP contribution in [0.25, 0.3) is 15.9 Å². The third kappa shape index (κ3) is 5.06. The summed E-state index contributed by atoms with van der Waals surface area (Å²) in [6.45, 7) is 8.03. The monoisotopic (exact) mass is 511 g/mol. The Morgan fingerprint density at radius 1 is 1.18 bits per heavy atom. The highest BCUT2D eigenvalue weighted by atomic mass is 35.5. The predicted octanol–water partition coefficient (Wildman–Crippen LogP) is 6.71. The number of aryl methyl sites for hydroxylation is 4. The molecule has 0 fully saturated rings. The number of anilines is 1. The normalized spacial score (nSPS) is 11.2. The van der Waals surface area contributed by atoms with Crippen molar-refractivity contribution in [3.63, 3.8) is 0 Å². The van der Waals surface area contributed by atoms with Crippen molar-refractivity contribution in [1.29, 1.82) is 0 Å². The SMILES string of the molecule is CCCc1sc2nc(SCC(=O)Nc3ccc(C)c(Cl)c3)n(-c3cccc(C)c3)c(=O)c2c1C. The van der Waals surface area contributed by atoms with Crippen LogP contribution >= 0.6 is 34.7 Å². The van der Waals surface area contributed by atoms with Crippen molar-refractivity contribution in [2.24, 2.45) is 0 Å². The van der Waals surface area contributed by atoms with Crippen LogP contribution in [0, 0.1) is 20.8 Å². The van der Waals surface area contributed by atoms with Crippen LogP contribution in [0.1, 0.15) is 34.9 Å². The van der Waals surface area contributed by atoms with Gasteiger partial charge in [0.05, 0.1) is 16.8 Å². The molecule has 0 spiro atoms. The van der Waals surface area contributed by atoms with Crippen LogP contribution in [0.4, 0.5) is 5.69 Å². The number of carbonyl (C=O) groups is 1. The lowest BCUT2D eigenvalue weighted by molar-refractivity contribution is -0.113. The molecule has 2 heterocycles. The van der Waals surface area contributed by atoms with E-state index < -0.39 is 0 Å². The lowest BCUT2D eigenvalue weighted by atomic mass is 10.1. The highest BCUT2D eigenvalue weighted by Gasteiger charge is 2.20. The second kappa shape index (κ2) is 10.3. The zero-order chi connectivity index (χ0) is 24.4. The Morgan fingerprint density at radius 3 is 2.68 bits per heavy atom. The molecule has 0 unspecified atom stereocenters. The Morgan fingerprint density at radius 2 is 1.97 bits per heavy atom. The van der Waals surface area contributed by atoms with Crippen LogP contribution in [0.3, 0.4) is 0 Å². The molecule has 8 heteroatoms. The summed E-state index contributed by atoms with van der Waals surface area (Å²) in [6, 6.07) is 13.2. The largest absolute Gasteiger partial charge is 0.325 e. The van der Waals surface area contributed by atoms with Gasteiger partial charge in [0.25, 0.3) is 5.56 Å². The van der Waals surface area contributed by atoms with Crippen LogP contribution in [-0.4, -0.2) is 21.2 Å². The number of rotatable bonds is 7. The Kier molecular flexibility index (Phi) is 7.45. The fourth-order valence-corrected chi connectivity index (χ4v) is 6.08. The minimum atomic E-state index is -0.191. The molecule has 5 nitrogen and oxygen atoms in total. The molecule has 4 rings (SSSR count). The average Bonchev–Trinajstić information content (AvgIpc) is 3.10. The van der Waals surface area contributed by atoms with Crippen molar-refractivity contribution < 1.29 is 4.79 Å². The van der Waals surface area contributed by atoms with Crippen LogP contribution < -0.4 is 10.9 Å². The van der Waals surface area contributed by atoms with Crippen LogP contribution in [0.2, 0.25) is 5.02 Å². The van der Waals surface area contributed by atoms with Gasteiger partial charge in [-0.2, -0.15) is 0 Å². The minimum Gasteiger partial charge on any atom is -0.325 e. The maximum absolute atomic E-state index is 13.7. The summed E-state index contributed by atoms with van der Waals surface area (Å²) < 4.78 is 1.63. The van der Waals surface area contributed by atoms with E-state index in [0.717, 1.165) is 40.0 Å². The summed E-state index contributed by atoms with van der Waals surface area (Å²) in [7, 11) is 0. The third-order valence-electron chi connectivity index (χ3n) is 5.56. The number of hydrogen-bond acceptors (Lipinski definition) is 5. The Bertz CT molecular complexity index is 1440. The maximum Gasteiger partial charge on any atom is 0.267 e. The van der Waals surface area contributed by atoms with E-state index in [-0.39, 0.29) is 17.2 Å². The zero-order valence-corrected chi connectivity index (χ0v) is 22.0. The number of hydrogen-bond donors (Lipinski definition) is 1. The van der Waals surface area contributed by atoms with Gasteiger partial charge in [-0.1, -0.05) is 54.9 Å². The van der Waals surface area contributed by atoms with Gasteiger partial charge in [0.2, 0.25) is 5.91 Å². The first-order valence-corrected chi connectivity index (χ1v) is 13.3. The van der Waals surface area contributed by atoms with Crippen LogP contribution in [-0.2, 0) is 11.2 Å². The fraction of sp³-hybridized carbons (Fsp3) is 0.269. The van der Waals surface area contributed by atoms with Gasteiger partial charge < -0.3 is 5.32 Å². The van der Waals surface area contributed by atoms with Crippen molar-refractivity contribution in [3.05, 3.63) is 79.4 Å². The van der Waals surface area contributed by atoms with E-state index in [2.05, 4.69) is 12.2 Å². The molecule has 0 radical (unpaired) electrons.